The molecule has 2 aromatic rings. The second kappa shape index (κ2) is 6.36. The summed E-state index contributed by atoms with van der Waals surface area (Å²) >= 11 is 1.60. The average molecular weight is 318 g/mol. The Morgan fingerprint density at radius 2 is 2.41 bits per heavy atom. The molecule has 3 rings (SSSR count). The zero-order valence-corrected chi connectivity index (χ0v) is 13.4. The van der Waals surface area contributed by atoms with Crippen LogP contribution < -0.4 is 14.8 Å². The molecule has 0 aliphatic carbocycles. The van der Waals surface area contributed by atoms with Crippen molar-refractivity contribution in [3.8, 4) is 11.5 Å². The van der Waals surface area contributed by atoms with Crippen LogP contribution >= 0.6 is 11.3 Å². The van der Waals surface area contributed by atoms with Crippen molar-refractivity contribution in [3.05, 3.63) is 39.8 Å². The number of nitrogens with zero attached hydrogens (tertiary/aromatic N) is 1. The highest BCUT2D eigenvalue weighted by Gasteiger charge is 2.26. The standard InChI is InChI=1S/C16H18N2O3S/c1-10-7-17-15(22-10)8-18-16(19)12-5-11-6-13(20-2)3-4-14(11)21-9-12/h3-4,6-7,12H,5,8-9H2,1-2H3,(H,18,19)/t12-/m1/s1. The maximum absolute atomic E-state index is 12.3. The number of carbonyl (C=O) groups excluding carboxylic acids is 1. The number of thiazole rings is 1. The first kappa shape index (κ1) is 14.8. The fourth-order valence-electron chi connectivity index (χ4n) is 2.46. The molecule has 1 aromatic carbocycles. The van der Waals surface area contributed by atoms with Gasteiger partial charge in [0.25, 0.3) is 0 Å². The molecule has 0 saturated carbocycles. The predicted molar refractivity (Wildman–Crippen MR) is 84.4 cm³/mol. The van der Waals surface area contributed by atoms with E-state index >= 15 is 0 Å². The molecule has 1 aliphatic heterocycles. The molecule has 0 fully saturated rings. The van der Waals surface area contributed by atoms with Crippen LogP contribution in [-0.4, -0.2) is 24.6 Å². The molecule has 0 radical (unpaired) electrons. The molecule has 22 heavy (non-hydrogen) atoms. The van der Waals surface area contributed by atoms with Gasteiger partial charge in [0, 0.05) is 11.1 Å². The van der Waals surface area contributed by atoms with Crippen molar-refractivity contribution in [1.29, 1.82) is 0 Å². The number of nitrogens with one attached hydrogen (secondary N) is 1. The number of ether oxygens (including phenoxy) is 2. The fourth-order valence-corrected chi connectivity index (χ4v) is 3.18. The lowest BCUT2D eigenvalue weighted by atomic mass is 9.96. The summed E-state index contributed by atoms with van der Waals surface area (Å²) in [4.78, 5) is 17.7. The van der Waals surface area contributed by atoms with E-state index in [1.54, 1.807) is 18.4 Å². The lowest BCUT2D eigenvalue weighted by Gasteiger charge is -2.24. The Kier molecular flexibility index (Phi) is 4.29. The maximum atomic E-state index is 12.3. The van der Waals surface area contributed by atoms with E-state index in [1.807, 2.05) is 31.3 Å². The molecular weight excluding hydrogens is 300 g/mol. The largest absolute Gasteiger partial charge is 0.497 e. The molecule has 5 nitrogen and oxygen atoms in total. The second-order valence-electron chi connectivity index (χ2n) is 5.27. The third-order valence-corrected chi connectivity index (χ3v) is 4.54. The Morgan fingerprint density at radius 1 is 1.55 bits per heavy atom. The van der Waals surface area contributed by atoms with Crippen molar-refractivity contribution in [1.82, 2.24) is 10.3 Å². The minimum absolute atomic E-state index is 0.00122. The van der Waals surface area contributed by atoms with Crippen LogP contribution in [0.25, 0.3) is 0 Å². The van der Waals surface area contributed by atoms with Crippen molar-refractivity contribution in [2.24, 2.45) is 5.92 Å². The molecule has 1 aromatic heterocycles. The van der Waals surface area contributed by atoms with E-state index in [0.29, 0.717) is 19.6 Å². The Morgan fingerprint density at radius 3 is 3.14 bits per heavy atom. The van der Waals surface area contributed by atoms with Gasteiger partial charge in [-0.1, -0.05) is 0 Å². The molecule has 0 saturated heterocycles. The molecule has 1 amide bonds. The first-order valence-corrected chi connectivity index (χ1v) is 7.96. The lowest BCUT2D eigenvalue weighted by Crippen LogP contribution is -2.37. The number of carbonyl (C=O) groups is 1. The van der Waals surface area contributed by atoms with Crippen LogP contribution in [0.2, 0.25) is 0 Å². The van der Waals surface area contributed by atoms with E-state index < -0.39 is 0 Å². The lowest BCUT2D eigenvalue weighted by molar-refractivity contribution is -0.126. The Labute approximate surface area is 133 Å². The Balaban J connectivity index is 1.62. The highest BCUT2D eigenvalue weighted by atomic mass is 32.1. The number of amides is 1. The third-order valence-electron chi connectivity index (χ3n) is 3.63. The molecule has 0 unspecified atom stereocenters. The van der Waals surface area contributed by atoms with Crippen LogP contribution in [-0.2, 0) is 17.8 Å². The van der Waals surface area contributed by atoms with Crippen molar-refractivity contribution >= 4 is 17.2 Å². The summed E-state index contributed by atoms with van der Waals surface area (Å²) in [5.41, 5.74) is 1.01. The van der Waals surface area contributed by atoms with Crippen LogP contribution in [0.4, 0.5) is 0 Å². The van der Waals surface area contributed by atoms with Crippen LogP contribution in [0.3, 0.4) is 0 Å². The summed E-state index contributed by atoms with van der Waals surface area (Å²) in [5, 5.41) is 3.86. The van der Waals surface area contributed by atoms with Gasteiger partial charge in [0.15, 0.2) is 0 Å². The van der Waals surface area contributed by atoms with E-state index in [4.69, 9.17) is 9.47 Å². The second-order valence-corrected chi connectivity index (χ2v) is 6.59. The highest BCUT2D eigenvalue weighted by molar-refractivity contribution is 7.11. The Bertz CT molecular complexity index is 684. The van der Waals surface area contributed by atoms with Crippen molar-refractivity contribution in [2.45, 2.75) is 19.9 Å². The number of hydrogen-bond donors (Lipinski definition) is 1. The van der Waals surface area contributed by atoms with Crippen molar-refractivity contribution in [3.63, 3.8) is 0 Å². The SMILES string of the molecule is COc1ccc2c(c1)C[C@@H](C(=O)NCc1ncc(C)s1)CO2. The summed E-state index contributed by atoms with van der Waals surface area (Å²) in [6.07, 6.45) is 2.48. The summed E-state index contributed by atoms with van der Waals surface area (Å²) in [6, 6.07) is 5.68. The summed E-state index contributed by atoms with van der Waals surface area (Å²) in [6.45, 7) is 2.88. The topological polar surface area (TPSA) is 60.5 Å². The number of rotatable bonds is 4. The first-order chi connectivity index (χ1) is 10.7. The number of fused-ring (bicyclic) bond motifs is 1. The van der Waals surface area contributed by atoms with E-state index in [9.17, 15) is 4.79 Å². The molecule has 1 N–H and O–H groups in total. The van der Waals surface area contributed by atoms with Gasteiger partial charge in [0.05, 0.1) is 19.6 Å². The summed E-state index contributed by atoms with van der Waals surface area (Å²) in [5.74, 6) is 1.43. The van der Waals surface area contributed by atoms with Gasteiger partial charge in [-0.05, 0) is 37.1 Å². The van der Waals surface area contributed by atoms with Gasteiger partial charge in [-0.25, -0.2) is 4.98 Å². The van der Waals surface area contributed by atoms with Crippen molar-refractivity contribution in [2.75, 3.05) is 13.7 Å². The van der Waals surface area contributed by atoms with Gasteiger partial charge in [-0.15, -0.1) is 11.3 Å². The van der Waals surface area contributed by atoms with Crippen molar-refractivity contribution < 1.29 is 14.3 Å². The third kappa shape index (κ3) is 3.22. The van der Waals surface area contributed by atoms with Gasteiger partial charge in [-0.3, -0.25) is 4.79 Å². The summed E-state index contributed by atoms with van der Waals surface area (Å²) < 4.78 is 10.9. The van der Waals surface area contributed by atoms with Gasteiger partial charge >= 0.3 is 0 Å². The van der Waals surface area contributed by atoms with Crippen LogP contribution in [0.1, 0.15) is 15.4 Å². The number of aryl methyl sites for hydroxylation is 1. The quantitative estimate of drug-likeness (QED) is 0.940. The normalized spacial score (nSPS) is 16.5. The molecule has 6 heteroatoms. The zero-order chi connectivity index (χ0) is 15.5. The minimum atomic E-state index is -0.180. The van der Waals surface area contributed by atoms with E-state index in [0.717, 1.165) is 26.9 Å². The van der Waals surface area contributed by atoms with E-state index in [-0.39, 0.29) is 11.8 Å². The van der Waals surface area contributed by atoms with Gasteiger partial charge in [0.1, 0.15) is 23.1 Å². The van der Waals surface area contributed by atoms with E-state index in [1.165, 1.54) is 0 Å². The van der Waals surface area contributed by atoms with Gasteiger partial charge in [-0.2, -0.15) is 0 Å². The molecule has 0 spiro atoms. The maximum Gasteiger partial charge on any atom is 0.227 e. The Hall–Kier alpha value is -2.08. The number of aromatic nitrogens is 1. The molecule has 1 aliphatic rings. The minimum Gasteiger partial charge on any atom is -0.497 e. The monoisotopic (exact) mass is 318 g/mol. The number of benzene rings is 1. The predicted octanol–water partition coefficient (Wildman–Crippen LogP) is 2.33. The highest BCUT2D eigenvalue weighted by Crippen LogP contribution is 2.30. The smallest absolute Gasteiger partial charge is 0.227 e. The van der Waals surface area contributed by atoms with Crippen LogP contribution in [0.5, 0.6) is 11.5 Å². The summed E-state index contributed by atoms with van der Waals surface area (Å²) in [7, 11) is 1.63. The number of methoxy groups -OCH3 is 1. The fraction of sp³-hybridized carbons (Fsp3) is 0.375. The molecule has 116 valence electrons. The van der Waals surface area contributed by atoms with Crippen LogP contribution in [0.15, 0.2) is 24.4 Å². The van der Waals surface area contributed by atoms with Crippen LogP contribution in [0, 0.1) is 12.8 Å². The first-order valence-electron chi connectivity index (χ1n) is 7.14. The average Bonchev–Trinajstić information content (AvgIpc) is 2.97. The van der Waals surface area contributed by atoms with E-state index in [2.05, 4.69) is 10.3 Å². The molecular formula is C16H18N2O3S. The van der Waals surface area contributed by atoms with Gasteiger partial charge < -0.3 is 14.8 Å². The number of hydrogen-bond acceptors (Lipinski definition) is 5. The molecule has 0 bridgehead atoms. The zero-order valence-electron chi connectivity index (χ0n) is 12.6. The molecule has 2 heterocycles. The van der Waals surface area contributed by atoms with Gasteiger partial charge in [0.2, 0.25) is 5.91 Å². The molecule has 1 atom stereocenters.